The van der Waals surface area contributed by atoms with Crippen LogP contribution in [0.4, 0.5) is 5.69 Å². The summed E-state index contributed by atoms with van der Waals surface area (Å²) in [4.78, 5) is 6.64. The SMILES string of the molecule is NNc1ccnc(CN2CCn3cnnc3C2)c1. The first-order chi connectivity index (χ1) is 8.85. The molecular weight excluding hydrogens is 230 g/mol. The van der Waals surface area contributed by atoms with E-state index in [1.54, 1.807) is 12.5 Å². The Labute approximate surface area is 105 Å². The van der Waals surface area contributed by atoms with Gasteiger partial charge in [0.05, 0.1) is 17.9 Å². The molecule has 0 spiro atoms. The molecule has 0 fully saturated rings. The minimum absolute atomic E-state index is 0.794. The van der Waals surface area contributed by atoms with Crippen LogP contribution in [0, 0.1) is 0 Å². The van der Waals surface area contributed by atoms with E-state index in [0.717, 1.165) is 43.4 Å². The highest BCUT2D eigenvalue weighted by Gasteiger charge is 2.17. The Kier molecular flexibility index (Phi) is 2.91. The predicted molar refractivity (Wildman–Crippen MR) is 66.2 cm³/mol. The van der Waals surface area contributed by atoms with Gasteiger partial charge in [-0.3, -0.25) is 15.7 Å². The average molecular weight is 245 g/mol. The highest BCUT2D eigenvalue weighted by molar-refractivity contribution is 5.41. The number of fused-ring (bicyclic) bond motifs is 1. The summed E-state index contributed by atoms with van der Waals surface area (Å²) in [7, 11) is 0. The van der Waals surface area contributed by atoms with E-state index >= 15 is 0 Å². The van der Waals surface area contributed by atoms with Crippen LogP contribution in [0.15, 0.2) is 24.7 Å². The molecule has 2 aromatic rings. The smallest absolute Gasteiger partial charge is 0.147 e. The van der Waals surface area contributed by atoms with Crippen molar-refractivity contribution in [2.75, 3.05) is 12.0 Å². The molecule has 1 aliphatic rings. The van der Waals surface area contributed by atoms with E-state index in [0.29, 0.717) is 0 Å². The van der Waals surface area contributed by atoms with Gasteiger partial charge in [0.25, 0.3) is 0 Å². The highest BCUT2D eigenvalue weighted by Crippen LogP contribution is 2.13. The summed E-state index contributed by atoms with van der Waals surface area (Å²) < 4.78 is 2.09. The lowest BCUT2D eigenvalue weighted by Crippen LogP contribution is -2.33. The second-order valence-electron chi connectivity index (χ2n) is 4.33. The molecule has 0 aromatic carbocycles. The Hall–Kier alpha value is -1.99. The third kappa shape index (κ3) is 2.18. The van der Waals surface area contributed by atoms with Crippen LogP contribution in [0.1, 0.15) is 11.5 Å². The molecule has 1 aliphatic heterocycles. The monoisotopic (exact) mass is 245 g/mol. The van der Waals surface area contributed by atoms with Crippen LogP contribution in [0.2, 0.25) is 0 Å². The first-order valence-corrected chi connectivity index (χ1v) is 5.86. The Morgan fingerprint density at radius 1 is 1.39 bits per heavy atom. The van der Waals surface area contributed by atoms with Crippen molar-refractivity contribution in [3.05, 3.63) is 36.2 Å². The van der Waals surface area contributed by atoms with Crippen LogP contribution >= 0.6 is 0 Å². The molecule has 0 saturated heterocycles. The number of nitrogens with zero attached hydrogens (tertiary/aromatic N) is 5. The van der Waals surface area contributed by atoms with Crippen LogP contribution in [-0.2, 0) is 19.6 Å². The molecule has 0 radical (unpaired) electrons. The molecular formula is C11H15N7. The summed E-state index contributed by atoms with van der Waals surface area (Å²) in [5, 5.41) is 8.02. The molecule has 3 N–H and O–H groups in total. The molecule has 0 amide bonds. The lowest BCUT2D eigenvalue weighted by Gasteiger charge is -2.26. The summed E-state index contributed by atoms with van der Waals surface area (Å²) in [5.41, 5.74) is 4.50. The normalized spacial score (nSPS) is 15.4. The van der Waals surface area contributed by atoms with Crippen LogP contribution in [-0.4, -0.2) is 31.2 Å². The average Bonchev–Trinajstić information content (AvgIpc) is 2.86. The molecule has 0 atom stereocenters. The maximum Gasteiger partial charge on any atom is 0.147 e. The van der Waals surface area contributed by atoms with Gasteiger partial charge >= 0.3 is 0 Å². The first kappa shape index (κ1) is 11.1. The van der Waals surface area contributed by atoms with E-state index in [1.807, 2.05) is 12.1 Å². The van der Waals surface area contributed by atoms with Crippen LogP contribution < -0.4 is 11.3 Å². The first-order valence-electron chi connectivity index (χ1n) is 5.86. The number of anilines is 1. The van der Waals surface area contributed by atoms with Crippen molar-refractivity contribution in [2.24, 2.45) is 5.84 Å². The number of nitrogen functional groups attached to an aromatic ring is 1. The summed E-state index contributed by atoms with van der Waals surface area (Å²) >= 11 is 0. The number of hydrazine groups is 1. The van der Waals surface area contributed by atoms with Crippen molar-refractivity contribution < 1.29 is 0 Å². The molecule has 0 unspecified atom stereocenters. The van der Waals surface area contributed by atoms with E-state index < -0.39 is 0 Å². The van der Waals surface area contributed by atoms with Crippen molar-refractivity contribution in [1.29, 1.82) is 0 Å². The van der Waals surface area contributed by atoms with E-state index in [1.165, 1.54) is 0 Å². The minimum Gasteiger partial charge on any atom is -0.324 e. The van der Waals surface area contributed by atoms with Crippen molar-refractivity contribution in [3.8, 4) is 0 Å². The number of aromatic nitrogens is 4. The van der Waals surface area contributed by atoms with E-state index in [-0.39, 0.29) is 0 Å². The van der Waals surface area contributed by atoms with Gasteiger partial charge in [-0.15, -0.1) is 10.2 Å². The fourth-order valence-corrected chi connectivity index (χ4v) is 2.13. The molecule has 3 rings (SSSR count). The second kappa shape index (κ2) is 4.71. The Balaban J connectivity index is 1.70. The molecule has 94 valence electrons. The Bertz CT molecular complexity index is 536. The number of pyridine rings is 1. The molecule has 3 heterocycles. The summed E-state index contributed by atoms with van der Waals surface area (Å²) in [5.74, 6) is 6.40. The van der Waals surface area contributed by atoms with Crippen LogP contribution in [0.5, 0.6) is 0 Å². The lowest BCUT2D eigenvalue weighted by atomic mass is 10.2. The third-order valence-electron chi connectivity index (χ3n) is 3.09. The zero-order valence-electron chi connectivity index (χ0n) is 9.95. The molecule has 0 bridgehead atoms. The second-order valence-corrected chi connectivity index (χ2v) is 4.33. The standard InChI is InChI=1S/C11H15N7/c12-15-9-1-2-13-10(5-9)6-17-3-4-18-8-14-16-11(18)7-17/h1-2,5,8H,3-4,6-7,12H2,(H,13,15). The van der Waals surface area contributed by atoms with Gasteiger partial charge in [0, 0.05) is 25.8 Å². The molecule has 7 nitrogen and oxygen atoms in total. The quantitative estimate of drug-likeness (QED) is 0.583. The van der Waals surface area contributed by atoms with Gasteiger partial charge in [0.1, 0.15) is 12.2 Å². The molecule has 0 aliphatic carbocycles. The minimum atomic E-state index is 0.794. The topological polar surface area (TPSA) is 84.9 Å². The highest BCUT2D eigenvalue weighted by atomic mass is 15.3. The van der Waals surface area contributed by atoms with Gasteiger partial charge < -0.3 is 9.99 Å². The molecule has 18 heavy (non-hydrogen) atoms. The predicted octanol–water partition coefficient (Wildman–Crippen LogP) is -0.0255. The number of hydrogen-bond donors (Lipinski definition) is 2. The molecule has 2 aromatic heterocycles. The van der Waals surface area contributed by atoms with Gasteiger partial charge in [-0.1, -0.05) is 0 Å². The molecule has 7 heteroatoms. The lowest BCUT2D eigenvalue weighted by molar-refractivity contribution is 0.206. The van der Waals surface area contributed by atoms with Gasteiger partial charge in [-0.05, 0) is 12.1 Å². The van der Waals surface area contributed by atoms with Gasteiger partial charge in [-0.25, -0.2) is 0 Å². The van der Waals surface area contributed by atoms with E-state index in [9.17, 15) is 0 Å². The van der Waals surface area contributed by atoms with Crippen LogP contribution in [0.3, 0.4) is 0 Å². The number of rotatable bonds is 3. The van der Waals surface area contributed by atoms with Crippen molar-refractivity contribution in [3.63, 3.8) is 0 Å². The Morgan fingerprint density at radius 3 is 3.22 bits per heavy atom. The van der Waals surface area contributed by atoms with Crippen molar-refractivity contribution in [2.45, 2.75) is 19.6 Å². The van der Waals surface area contributed by atoms with E-state index in [4.69, 9.17) is 5.84 Å². The van der Waals surface area contributed by atoms with Crippen LogP contribution in [0.25, 0.3) is 0 Å². The maximum absolute atomic E-state index is 5.39. The molecule has 0 saturated carbocycles. The zero-order valence-corrected chi connectivity index (χ0v) is 9.95. The van der Waals surface area contributed by atoms with Gasteiger partial charge in [-0.2, -0.15) is 0 Å². The van der Waals surface area contributed by atoms with Crippen molar-refractivity contribution in [1.82, 2.24) is 24.6 Å². The summed E-state index contributed by atoms with van der Waals surface area (Å²) in [6.07, 6.45) is 3.54. The zero-order chi connectivity index (χ0) is 12.4. The summed E-state index contributed by atoms with van der Waals surface area (Å²) in [6.45, 7) is 3.51. The number of nitrogens with two attached hydrogens (primary N) is 1. The fraction of sp³-hybridized carbons (Fsp3) is 0.364. The van der Waals surface area contributed by atoms with Gasteiger partial charge in [0.2, 0.25) is 0 Å². The van der Waals surface area contributed by atoms with Crippen molar-refractivity contribution >= 4 is 5.69 Å². The fourth-order valence-electron chi connectivity index (χ4n) is 2.13. The summed E-state index contributed by atoms with van der Waals surface area (Å²) in [6, 6.07) is 3.80. The maximum atomic E-state index is 5.39. The third-order valence-corrected chi connectivity index (χ3v) is 3.09. The number of hydrogen-bond acceptors (Lipinski definition) is 6. The Morgan fingerprint density at radius 2 is 2.33 bits per heavy atom. The number of nitrogens with one attached hydrogen (secondary N) is 1. The largest absolute Gasteiger partial charge is 0.324 e. The van der Waals surface area contributed by atoms with E-state index in [2.05, 4.69) is 30.1 Å². The van der Waals surface area contributed by atoms with Gasteiger partial charge in [0.15, 0.2) is 0 Å².